The van der Waals surface area contributed by atoms with Gasteiger partial charge in [-0.05, 0) is 39.7 Å². The van der Waals surface area contributed by atoms with Gasteiger partial charge in [0.15, 0.2) is 0 Å². The van der Waals surface area contributed by atoms with Crippen LogP contribution in [0.1, 0.15) is 45.2 Å². The zero-order valence-electron chi connectivity index (χ0n) is 9.36. The van der Waals surface area contributed by atoms with Crippen molar-refractivity contribution in [3.05, 3.63) is 18.0 Å². The summed E-state index contributed by atoms with van der Waals surface area (Å²) in [6.45, 7) is 5.56. The highest BCUT2D eigenvalue weighted by Crippen LogP contribution is 2.39. The average Bonchev–Trinajstić information content (AvgIpc) is 2.80. The predicted octanol–water partition coefficient (Wildman–Crippen LogP) is 2.54. The summed E-state index contributed by atoms with van der Waals surface area (Å²) in [7, 11) is 0. The monoisotopic (exact) mass is 208 g/mol. The molecule has 1 fully saturated rings. The molecule has 0 amide bonds. The second-order valence-corrected chi connectivity index (χ2v) is 4.92. The van der Waals surface area contributed by atoms with Crippen LogP contribution in [0.4, 0.5) is 4.79 Å². The first-order valence-electron chi connectivity index (χ1n) is 5.24. The van der Waals surface area contributed by atoms with E-state index >= 15 is 0 Å². The molecule has 15 heavy (non-hydrogen) atoms. The van der Waals surface area contributed by atoms with Gasteiger partial charge in [-0.1, -0.05) is 0 Å². The lowest BCUT2D eigenvalue weighted by Gasteiger charge is -2.19. The van der Waals surface area contributed by atoms with Gasteiger partial charge in [0.2, 0.25) is 0 Å². The fourth-order valence-corrected chi connectivity index (χ4v) is 1.46. The molecule has 1 aromatic rings. The van der Waals surface area contributed by atoms with Crippen molar-refractivity contribution in [3.63, 3.8) is 0 Å². The molecule has 2 rings (SSSR count). The molecule has 0 atom stereocenters. The molecule has 1 saturated carbocycles. The summed E-state index contributed by atoms with van der Waals surface area (Å²) < 4.78 is 6.64. The first-order valence-corrected chi connectivity index (χ1v) is 5.24. The number of hydrogen-bond acceptors (Lipinski definition) is 3. The van der Waals surface area contributed by atoms with Gasteiger partial charge < -0.3 is 4.74 Å². The van der Waals surface area contributed by atoms with Crippen LogP contribution >= 0.6 is 0 Å². The zero-order valence-corrected chi connectivity index (χ0v) is 9.36. The number of rotatable bonds is 1. The van der Waals surface area contributed by atoms with Crippen LogP contribution in [0.3, 0.4) is 0 Å². The van der Waals surface area contributed by atoms with Crippen LogP contribution < -0.4 is 0 Å². The third-order valence-electron chi connectivity index (χ3n) is 2.23. The van der Waals surface area contributed by atoms with E-state index in [9.17, 15) is 4.79 Å². The van der Waals surface area contributed by atoms with Crippen molar-refractivity contribution in [2.75, 3.05) is 0 Å². The topological polar surface area (TPSA) is 44.1 Å². The molecule has 0 radical (unpaired) electrons. The molecule has 0 spiro atoms. The first kappa shape index (κ1) is 10.2. The summed E-state index contributed by atoms with van der Waals surface area (Å²) >= 11 is 0. The Morgan fingerprint density at radius 3 is 2.73 bits per heavy atom. The Bertz CT molecular complexity index is 372. The molecule has 0 N–H and O–H groups in total. The van der Waals surface area contributed by atoms with Crippen LogP contribution in [0.5, 0.6) is 0 Å². The highest BCUT2D eigenvalue weighted by atomic mass is 16.6. The third kappa shape index (κ3) is 2.37. The highest BCUT2D eigenvalue weighted by Gasteiger charge is 2.30. The lowest BCUT2D eigenvalue weighted by atomic mass is 10.2. The second-order valence-electron chi connectivity index (χ2n) is 4.92. The lowest BCUT2D eigenvalue weighted by molar-refractivity contribution is 0.0509. The van der Waals surface area contributed by atoms with Crippen LogP contribution in [0, 0.1) is 0 Å². The molecule has 1 aromatic heterocycles. The molecule has 0 aliphatic heterocycles. The van der Waals surface area contributed by atoms with Crippen LogP contribution in [0.2, 0.25) is 0 Å². The smallest absolute Gasteiger partial charge is 0.435 e. The molecule has 0 aromatic carbocycles. The first-order chi connectivity index (χ1) is 6.97. The minimum absolute atomic E-state index is 0.380. The van der Waals surface area contributed by atoms with Gasteiger partial charge in [0.1, 0.15) is 5.60 Å². The van der Waals surface area contributed by atoms with Crippen LogP contribution in [-0.2, 0) is 4.74 Å². The Kier molecular flexibility index (Phi) is 2.29. The Morgan fingerprint density at radius 2 is 2.20 bits per heavy atom. The quantitative estimate of drug-likeness (QED) is 0.712. The van der Waals surface area contributed by atoms with Gasteiger partial charge in [-0.15, -0.1) is 0 Å². The van der Waals surface area contributed by atoms with Gasteiger partial charge in [-0.25, -0.2) is 4.79 Å². The van der Waals surface area contributed by atoms with Crippen molar-refractivity contribution in [1.29, 1.82) is 0 Å². The highest BCUT2D eigenvalue weighted by molar-refractivity contribution is 5.71. The largest absolute Gasteiger partial charge is 0.442 e. The lowest BCUT2D eigenvalue weighted by Crippen LogP contribution is -2.28. The number of hydrogen-bond donors (Lipinski definition) is 0. The van der Waals surface area contributed by atoms with Crippen molar-refractivity contribution < 1.29 is 9.53 Å². The standard InChI is InChI=1S/C11H16N2O2/c1-11(2,3)15-10(14)13-9(6-7-12-13)8-4-5-8/h6-8H,4-5H2,1-3H3. The maximum atomic E-state index is 11.8. The summed E-state index contributed by atoms with van der Waals surface area (Å²) in [5.74, 6) is 0.500. The number of carbonyl (C=O) groups is 1. The zero-order chi connectivity index (χ0) is 11.1. The third-order valence-corrected chi connectivity index (χ3v) is 2.23. The molecular weight excluding hydrogens is 192 g/mol. The van der Waals surface area contributed by atoms with Crippen LogP contribution in [0.25, 0.3) is 0 Å². The summed E-state index contributed by atoms with van der Waals surface area (Å²) in [5, 5.41) is 4.00. The number of nitrogens with zero attached hydrogens (tertiary/aromatic N) is 2. The second kappa shape index (κ2) is 3.36. The van der Waals surface area contributed by atoms with Crippen molar-refractivity contribution in [1.82, 2.24) is 9.78 Å². The van der Waals surface area contributed by atoms with E-state index in [1.807, 2.05) is 26.8 Å². The van der Waals surface area contributed by atoms with E-state index in [-0.39, 0.29) is 6.09 Å². The molecule has 4 heteroatoms. The van der Waals surface area contributed by atoms with Crippen LogP contribution in [-0.4, -0.2) is 21.5 Å². The summed E-state index contributed by atoms with van der Waals surface area (Å²) in [5.41, 5.74) is 0.508. The Balaban J connectivity index is 2.14. The number of ether oxygens (including phenoxy) is 1. The molecule has 0 unspecified atom stereocenters. The van der Waals surface area contributed by atoms with Gasteiger partial charge >= 0.3 is 6.09 Å². The van der Waals surface area contributed by atoms with Gasteiger partial charge in [-0.2, -0.15) is 9.78 Å². The molecule has 1 aliphatic rings. The van der Waals surface area contributed by atoms with Gasteiger partial charge in [-0.3, -0.25) is 0 Å². The molecule has 0 saturated heterocycles. The SMILES string of the molecule is CC(C)(C)OC(=O)n1nccc1C1CC1. The average molecular weight is 208 g/mol. The van der Waals surface area contributed by atoms with Gasteiger partial charge in [0.25, 0.3) is 0 Å². The molecule has 82 valence electrons. The maximum absolute atomic E-state index is 11.8. The molecule has 1 heterocycles. The Hall–Kier alpha value is -1.32. The van der Waals surface area contributed by atoms with E-state index in [1.165, 1.54) is 4.68 Å². The van der Waals surface area contributed by atoms with Gasteiger partial charge in [0.05, 0.1) is 5.69 Å². The van der Waals surface area contributed by atoms with Crippen LogP contribution in [0.15, 0.2) is 12.3 Å². The van der Waals surface area contributed by atoms with E-state index in [2.05, 4.69) is 5.10 Å². The van der Waals surface area contributed by atoms with Crippen molar-refractivity contribution in [3.8, 4) is 0 Å². The van der Waals surface area contributed by atoms with Crippen molar-refractivity contribution in [2.24, 2.45) is 0 Å². The summed E-state index contributed by atoms with van der Waals surface area (Å²) in [6, 6.07) is 1.89. The Morgan fingerprint density at radius 1 is 1.53 bits per heavy atom. The van der Waals surface area contributed by atoms with Crippen molar-refractivity contribution >= 4 is 6.09 Å². The number of carbonyl (C=O) groups excluding carboxylic acids is 1. The fraction of sp³-hybridized carbons (Fsp3) is 0.636. The maximum Gasteiger partial charge on any atom is 0.435 e. The molecule has 0 bridgehead atoms. The minimum atomic E-state index is -0.468. The van der Waals surface area contributed by atoms with E-state index in [4.69, 9.17) is 4.74 Å². The molecule has 4 nitrogen and oxygen atoms in total. The van der Waals surface area contributed by atoms with Crippen molar-refractivity contribution in [2.45, 2.75) is 45.1 Å². The predicted molar refractivity (Wildman–Crippen MR) is 55.8 cm³/mol. The van der Waals surface area contributed by atoms with E-state index in [0.29, 0.717) is 5.92 Å². The molecule has 1 aliphatic carbocycles. The van der Waals surface area contributed by atoms with E-state index in [1.54, 1.807) is 6.20 Å². The summed E-state index contributed by atoms with van der Waals surface area (Å²) in [6.07, 6.45) is 3.56. The summed E-state index contributed by atoms with van der Waals surface area (Å²) in [4.78, 5) is 11.8. The van der Waals surface area contributed by atoms with E-state index in [0.717, 1.165) is 18.5 Å². The Labute approximate surface area is 89.2 Å². The van der Waals surface area contributed by atoms with Gasteiger partial charge in [0, 0.05) is 12.1 Å². The minimum Gasteiger partial charge on any atom is -0.442 e. The van der Waals surface area contributed by atoms with E-state index < -0.39 is 5.60 Å². The molecular formula is C11H16N2O2. The number of aromatic nitrogens is 2. The normalized spacial score (nSPS) is 16.5. The fourth-order valence-electron chi connectivity index (χ4n) is 1.46.